The molecule has 0 aliphatic heterocycles. The molecule has 0 saturated carbocycles. The van der Waals surface area contributed by atoms with Crippen molar-refractivity contribution in [3.05, 3.63) is 29.3 Å². The second kappa shape index (κ2) is 5.68. The van der Waals surface area contributed by atoms with Crippen molar-refractivity contribution in [1.82, 2.24) is 4.90 Å². The van der Waals surface area contributed by atoms with Gasteiger partial charge in [-0.05, 0) is 19.9 Å². The summed E-state index contributed by atoms with van der Waals surface area (Å²) >= 11 is 0. The normalized spacial score (nSPS) is 12.1. The van der Waals surface area contributed by atoms with Gasteiger partial charge in [0, 0.05) is 26.2 Å². The second-order valence-electron chi connectivity index (χ2n) is 4.31. The zero-order valence-corrected chi connectivity index (χ0v) is 10.9. The van der Waals surface area contributed by atoms with E-state index in [1.54, 1.807) is 21.0 Å². The Balaban J connectivity index is 2.84. The third-order valence-corrected chi connectivity index (χ3v) is 2.53. The lowest BCUT2D eigenvalue weighted by Gasteiger charge is -2.20. The van der Waals surface area contributed by atoms with Gasteiger partial charge in [0.05, 0.1) is 0 Å². The van der Waals surface area contributed by atoms with E-state index in [1.165, 1.54) is 4.90 Å². The monoisotopic (exact) mass is 236 g/mol. The molecule has 2 N–H and O–H groups in total. The molecule has 1 aromatic carbocycles. The molecule has 0 aromatic heterocycles. The summed E-state index contributed by atoms with van der Waals surface area (Å²) in [5, 5.41) is 0. The number of nitrogens with two attached hydrogens (primary N) is 1. The molecule has 0 heterocycles. The van der Waals surface area contributed by atoms with Crippen molar-refractivity contribution >= 4 is 5.91 Å². The number of carbonyl (C=O) groups excluding carboxylic acids is 1. The second-order valence-corrected chi connectivity index (χ2v) is 4.31. The standard InChI is InChI=1S/C13H20N2O2/c1-9-5-6-12(11(7-9)8-14)17-10(2)13(16)15(3)4/h5-7,10H,8,14H2,1-4H3. The minimum absolute atomic E-state index is 0.0615. The van der Waals surface area contributed by atoms with Gasteiger partial charge in [0.25, 0.3) is 5.91 Å². The van der Waals surface area contributed by atoms with Crippen LogP contribution in [0.1, 0.15) is 18.1 Å². The first-order valence-electron chi connectivity index (χ1n) is 5.63. The lowest BCUT2D eigenvalue weighted by molar-refractivity contribution is -0.135. The van der Waals surface area contributed by atoms with Crippen LogP contribution in [0.2, 0.25) is 0 Å². The van der Waals surface area contributed by atoms with Crippen molar-refractivity contribution in [3.63, 3.8) is 0 Å². The van der Waals surface area contributed by atoms with E-state index in [0.29, 0.717) is 12.3 Å². The van der Waals surface area contributed by atoms with Crippen LogP contribution in [-0.4, -0.2) is 31.0 Å². The van der Waals surface area contributed by atoms with Crippen LogP contribution in [0.4, 0.5) is 0 Å². The van der Waals surface area contributed by atoms with Crippen molar-refractivity contribution in [1.29, 1.82) is 0 Å². The van der Waals surface area contributed by atoms with Crippen LogP contribution in [-0.2, 0) is 11.3 Å². The molecule has 0 saturated heterocycles. The Bertz CT molecular complexity index is 402. The Morgan fingerprint density at radius 3 is 2.65 bits per heavy atom. The number of nitrogens with zero attached hydrogens (tertiary/aromatic N) is 1. The van der Waals surface area contributed by atoms with E-state index in [9.17, 15) is 4.79 Å². The quantitative estimate of drug-likeness (QED) is 0.857. The zero-order chi connectivity index (χ0) is 13.0. The lowest BCUT2D eigenvalue weighted by atomic mass is 10.1. The molecular formula is C13H20N2O2. The van der Waals surface area contributed by atoms with Gasteiger partial charge >= 0.3 is 0 Å². The molecule has 4 nitrogen and oxygen atoms in total. The number of likely N-dealkylation sites (N-methyl/N-ethyl adjacent to an activating group) is 1. The molecule has 1 atom stereocenters. The average molecular weight is 236 g/mol. The van der Waals surface area contributed by atoms with Crippen LogP contribution in [0.5, 0.6) is 5.75 Å². The van der Waals surface area contributed by atoms with Crippen molar-refractivity contribution < 1.29 is 9.53 Å². The smallest absolute Gasteiger partial charge is 0.262 e. The highest BCUT2D eigenvalue weighted by Crippen LogP contribution is 2.21. The molecule has 0 radical (unpaired) electrons. The number of aryl methyl sites for hydroxylation is 1. The Morgan fingerprint density at radius 1 is 1.47 bits per heavy atom. The molecule has 0 bridgehead atoms. The maximum Gasteiger partial charge on any atom is 0.262 e. The fourth-order valence-corrected chi connectivity index (χ4v) is 1.59. The van der Waals surface area contributed by atoms with Gasteiger partial charge < -0.3 is 15.4 Å². The maximum atomic E-state index is 11.7. The summed E-state index contributed by atoms with van der Waals surface area (Å²) in [6.45, 7) is 4.14. The number of amides is 1. The topological polar surface area (TPSA) is 55.6 Å². The fourth-order valence-electron chi connectivity index (χ4n) is 1.59. The number of hydrogen-bond acceptors (Lipinski definition) is 3. The minimum Gasteiger partial charge on any atom is -0.481 e. The molecule has 1 unspecified atom stereocenters. The first-order chi connectivity index (χ1) is 7.95. The summed E-state index contributed by atoms with van der Waals surface area (Å²) in [6.07, 6.45) is -0.502. The largest absolute Gasteiger partial charge is 0.481 e. The molecule has 94 valence electrons. The highest BCUT2D eigenvalue weighted by molar-refractivity contribution is 5.80. The highest BCUT2D eigenvalue weighted by atomic mass is 16.5. The van der Waals surface area contributed by atoms with Crippen LogP contribution in [0, 0.1) is 6.92 Å². The van der Waals surface area contributed by atoms with Gasteiger partial charge in [0.1, 0.15) is 5.75 Å². The summed E-state index contributed by atoms with van der Waals surface area (Å²) < 4.78 is 5.64. The van der Waals surface area contributed by atoms with Crippen LogP contribution < -0.4 is 10.5 Å². The van der Waals surface area contributed by atoms with Crippen LogP contribution in [0.25, 0.3) is 0 Å². The van der Waals surface area contributed by atoms with E-state index in [4.69, 9.17) is 10.5 Å². The molecule has 17 heavy (non-hydrogen) atoms. The lowest BCUT2D eigenvalue weighted by Crippen LogP contribution is -2.35. The zero-order valence-electron chi connectivity index (χ0n) is 10.9. The average Bonchev–Trinajstić information content (AvgIpc) is 2.30. The van der Waals surface area contributed by atoms with Crippen molar-refractivity contribution in [2.24, 2.45) is 5.73 Å². The number of ether oxygens (including phenoxy) is 1. The third kappa shape index (κ3) is 3.46. The number of rotatable bonds is 4. The predicted molar refractivity (Wildman–Crippen MR) is 67.9 cm³/mol. The molecule has 0 aliphatic carbocycles. The van der Waals surface area contributed by atoms with Gasteiger partial charge in [-0.25, -0.2) is 0 Å². The molecule has 1 rings (SSSR count). The molecule has 0 fully saturated rings. The molecule has 1 amide bonds. The van der Waals surface area contributed by atoms with Crippen molar-refractivity contribution in [2.45, 2.75) is 26.5 Å². The van der Waals surface area contributed by atoms with E-state index < -0.39 is 6.10 Å². The molecule has 1 aromatic rings. The van der Waals surface area contributed by atoms with Gasteiger partial charge in [0.15, 0.2) is 6.10 Å². The van der Waals surface area contributed by atoms with E-state index in [1.807, 2.05) is 25.1 Å². The first kappa shape index (κ1) is 13.5. The van der Waals surface area contributed by atoms with E-state index in [-0.39, 0.29) is 5.91 Å². The van der Waals surface area contributed by atoms with Gasteiger partial charge in [-0.1, -0.05) is 17.7 Å². The van der Waals surface area contributed by atoms with Gasteiger partial charge in [0.2, 0.25) is 0 Å². The van der Waals surface area contributed by atoms with E-state index in [0.717, 1.165) is 11.1 Å². The third-order valence-electron chi connectivity index (χ3n) is 2.53. The van der Waals surface area contributed by atoms with Crippen LogP contribution >= 0.6 is 0 Å². The number of benzene rings is 1. The summed E-state index contributed by atoms with van der Waals surface area (Å²) in [7, 11) is 3.42. The predicted octanol–water partition coefficient (Wildman–Crippen LogP) is 1.31. The molecular weight excluding hydrogens is 216 g/mol. The van der Waals surface area contributed by atoms with Crippen LogP contribution in [0.3, 0.4) is 0 Å². The van der Waals surface area contributed by atoms with Gasteiger partial charge in [-0.2, -0.15) is 0 Å². The number of hydrogen-bond donors (Lipinski definition) is 1. The maximum absolute atomic E-state index is 11.7. The molecule has 0 spiro atoms. The summed E-state index contributed by atoms with van der Waals surface area (Å²) in [5.41, 5.74) is 7.70. The Kier molecular flexibility index (Phi) is 4.52. The minimum atomic E-state index is -0.502. The van der Waals surface area contributed by atoms with E-state index in [2.05, 4.69) is 0 Å². The Morgan fingerprint density at radius 2 is 2.12 bits per heavy atom. The van der Waals surface area contributed by atoms with Gasteiger partial charge in [-0.3, -0.25) is 4.79 Å². The van der Waals surface area contributed by atoms with Crippen molar-refractivity contribution in [3.8, 4) is 5.75 Å². The van der Waals surface area contributed by atoms with Crippen molar-refractivity contribution in [2.75, 3.05) is 14.1 Å². The first-order valence-corrected chi connectivity index (χ1v) is 5.63. The SMILES string of the molecule is Cc1ccc(OC(C)C(=O)N(C)C)c(CN)c1. The Labute approximate surface area is 102 Å². The fraction of sp³-hybridized carbons (Fsp3) is 0.462. The van der Waals surface area contributed by atoms with Gasteiger partial charge in [-0.15, -0.1) is 0 Å². The summed E-state index contributed by atoms with van der Waals surface area (Å²) in [5.74, 6) is 0.620. The Hall–Kier alpha value is -1.55. The summed E-state index contributed by atoms with van der Waals surface area (Å²) in [4.78, 5) is 13.2. The summed E-state index contributed by atoms with van der Waals surface area (Å²) in [6, 6.07) is 5.78. The van der Waals surface area contributed by atoms with E-state index >= 15 is 0 Å². The molecule has 0 aliphatic rings. The molecule has 4 heteroatoms. The number of carbonyl (C=O) groups is 1. The highest BCUT2D eigenvalue weighted by Gasteiger charge is 2.17. The van der Waals surface area contributed by atoms with Crippen LogP contribution in [0.15, 0.2) is 18.2 Å².